The van der Waals surface area contributed by atoms with Gasteiger partial charge < -0.3 is 14.7 Å². The molecule has 6 heteroatoms. The van der Waals surface area contributed by atoms with E-state index in [9.17, 15) is 14.0 Å². The zero-order chi connectivity index (χ0) is 18.7. The Morgan fingerprint density at radius 1 is 1.20 bits per heavy atom. The van der Waals surface area contributed by atoms with Gasteiger partial charge in [0.25, 0.3) is 0 Å². The summed E-state index contributed by atoms with van der Waals surface area (Å²) in [5.74, 6) is -0.620. The van der Waals surface area contributed by atoms with Gasteiger partial charge in [0, 0.05) is 13.1 Å². The Bertz CT molecular complexity index is 613. The van der Waals surface area contributed by atoms with Crippen molar-refractivity contribution in [2.24, 2.45) is 10.8 Å². The van der Waals surface area contributed by atoms with Gasteiger partial charge in [-0.25, -0.2) is 9.18 Å². The van der Waals surface area contributed by atoms with Crippen LogP contribution < -0.4 is 0 Å². The Morgan fingerprint density at radius 2 is 1.76 bits per heavy atom. The van der Waals surface area contributed by atoms with Crippen LogP contribution in [0.5, 0.6) is 0 Å². The van der Waals surface area contributed by atoms with Gasteiger partial charge in [0.2, 0.25) is 0 Å². The van der Waals surface area contributed by atoms with Crippen LogP contribution in [0.4, 0.5) is 9.18 Å². The van der Waals surface area contributed by atoms with Crippen LogP contribution in [0.25, 0.3) is 0 Å². The Balaban J connectivity index is 2.17. The first-order valence-corrected chi connectivity index (χ1v) is 8.51. The molecule has 1 aliphatic heterocycles. The molecule has 25 heavy (non-hydrogen) atoms. The first-order valence-electron chi connectivity index (χ1n) is 8.51. The van der Waals surface area contributed by atoms with Crippen LogP contribution in [0.1, 0.15) is 39.2 Å². The molecule has 1 amide bonds. The standard InChI is InChI=1S/C19H26FNO4/c1-18(2,3)13-25-16(22)19(8-10-21(11-9-19)17(23)24)12-14-4-6-15(20)7-5-14/h4-7H,8-13H2,1-3H3,(H,23,24). The maximum absolute atomic E-state index is 13.1. The number of halogens is 1. The van der Waals surface area contributed by atoms with Crippen LogP contribution in [0.2, 0.25) is 0 Å². The quantitative estimate of drug-likeness (QED) is 0.840. The number of benzene rings is 1. The maximum Gasteiger partial charge on any atom is 0.407 e. The van der Waals surface area contributed by atoms with Crippen LogP contribution in [0.3, 0.4) is 0 Å². The van der Waals surface area contributed by atoms with Crippen LogP contribution >= 0.6 is 0 Å². The number of hydrogen-bond acceptors (Lipinski definition) is 3. The second-order valence-corrected chi connectivity index (χ2v) is 7.99. The average Bonchev–Trinajstić information content (AvgIpc) is 2.54. The van der Waals surface area contributed by atoms with Crippen molar-refractivity contribution in [2.45, 2.75) is 40.0 Å². The third-order valence-corrected chi connectivity index (χ3v) is 4.52. The fourth-order valence-electron chi connectivity index (χ4n) is 3.01. The molecular weight excluding hydrogens is 325 g/mol. The second kappa shape index (κ2) is 7.42. The highest BCUT2D eigenvalue weighted by atomic mass is 19.1. The number of amides is 1. The zero-order valence-electron chi connectivity index (χ0n) is 15.0. The molecule has 1 aromatic carbocycles. The summed E-state index contributed by atoms with van der Waals surface area (Å²) < 4.78 is 18.7. The molecule has 0 atom stereocenters. The molecule has 0 aliphatic carbocycles. The number of hydrogen-bond donors (Lipinski definition) is 1. The van der Waals surface area contributed by atoms with Crippen molar-refractivity contribution < 1.29 is 23.8 Å². The Morgan fingerprint density at radius 3 is 2.24 bits per heavy atom. The van der Waals surface area contributed by atoms with Crippen LogP contribution in [-0.4, -0.2) is 41.8 Å². The highest BCUT2D eigenvalue weighted by Crippen LogP contribution is 2.37. The van der Waals surface area contributed by atoms with E-state index in [4.69, 9.17) is 9.84 Å². The molecule has 0 bridgehead atoms. The zero-order valence-corrected chi connectivity index (χ0v) is 15.0. The first kappa shape index (κ1) is 19.2. The van der Waals surface area contributed by atoms with E-state index in [2.05, 4.69) is 0 Å². The largest absolute Gasteiger partial charge is 0.465 e. The molecule has 138 valence electrons. The molecule has 1 saturated heterocycles. The summed E-state index contributed by atoms with van der Waals surface area (Å²) in [7, 11) is 0. The van der Waals surface area contributed by atoms with Crippen molar-refractivity contribution in [2.75, 3.05) is 19.7 Å². The maximum atomic E-state index is 13.1. The number of ether oxygens (including phenoxy) is 1. The summed E-state index contributed by atoms with van der Waals surface area (Å²) in [5, 5.41) is 9.15. The lowest BCUT2D eigenvalue weighted by Gasteiger charge is -2.39. The smallest absolute Gasteiger partial charge is 0.407 e. The summed E-state index contributed by atoms with van der Waals surface area (Å²) in [4.78, 5) is 25.3. The second-order valence-electron chi connectivity index (χ2n) is 7.99. The number of carboxylic acid groups (broad SMARTS) is 1. The fraction of sp³-hybridized carbons (Fsp3) is 0.579. The molecule has 1 aliphatic rings. The van der Waals surface area contributed by atoms with E-state index in [1.165, 1.54) is 17.0 Å². The van der Waals surface area contributed by atoms with Crippen LogP contribution in [0.15, 0.2) is 24.3 Å². The number of piperidine rings is 1. The van der Waals surface area contributed by atoms with E-state index in [1.807, 2.05) is 20.8 Å². The molecule has 0 spiro atoms. The Labute approximate surface area is 147 Å². The van der Waals surface area contributed by atoms with Gasteiger partial charge in [0.1, 0.15) is 5.82 Å². The number of carbonyl (C=O) groups is 2. The molecule has 0 saturated carbocycles. The minimum absolute atomic E-state index is 0.144. The van der Waals surface area contributed by atoms with Gasteiger partial charge in [-0.05, 0) is 42.4 Å². The van der Waals surface area contributed by atoms with Gasteiger partial charge in [-0.3, -0.25) is 4.79 Å². The number of nitrogens with zero attached hydrogens (tertiary/aromatic N) is 1. The predicted octanol–water partition coefficient (Wildman–Crippen LogP) is 3.72. The number of likely N-dealkylation sites (tertiary alicyclic amines) is 1. The molecule has 5 nitrogen and oxygen atoms in total. The molecule has 0 aromatic heterocycles. The van der Waals surface area contributed by atoms with E-state index >= 15 is 0 Å². The minimum Gasteiger partial charge on any atom is -0.465 e. The van der Waals surface area contributed by atoms with Crippen LogP contribution in [-0.2, 0) is 16.0 Å². The summed E-state index contributed by atoms with van der Waals surface area (Å²) >= 11 is 0. The van der Waals surface area contributed by atoms with Crippen molar-refractivity contribution in [3.8, 4) is 0 Å². The molecule has 1 N–H and O–H groups in total. The van der Waals surface area contributed by atoms with E-state index in [0.29, 0.717) is 39.0 Å². The third kappa shape index (κ3) is 5.18. The van der Waals surface area contributed by atoms with Crippen molar-refractivity contribution >= 4 is 12.1 Å². The van der Waals surface area contributed by atoms with Crippen molar-refractivity contribution in [1.82, 2.24) is 4.90 Å². The van der Waals surface area contributed by atoms with E-state index in [-0.39, 0.29) is 17.2 Å². The molecule has 1 fully saturated rings. The number of esters is 1. The SMILES string of the molecule is CC(C)(C)COC(=O)C1(Cc2ccc(F)cc2)CCN(C(=O)O)CC1. The monoisotopic (exact) mass is 351 g/mol. The highest BCUT2D eigenvalue weighted by Gasteiger charge is 2.44. The summed E-state index contributed by atoms with van der Waals surface area (Å²) in [6.07, 6.45) is 0.252. The molecule has 0 unspecified atom stereocenters. The summed E-state index contributed by atoms with van der Waals surface area (Å²) in [6, 6.07) is 6.07. The average molecular weight is 351 g/mol. The fourth-order valence-corrected chi connectivity index (χ4v) is 3.01. The van der Waals surface area contributed by atoms with E-state index in [0.717, 1.165) is 5.56 Å². The lowest BCUT2D eigenvalue weighted by atomic mass is 9.73. The third-order valence-electron chi connectivity index (χ3n) is 4.52. The lowest BCUT2D eigenvalue weighted by Crippen LogP contribution is -2.48. The summed E-state index contributed by atoms with van der Waals surface area (Å²) in [6.45, 7) is 6.85. The minimum atomic E-state index is -0.974. The summed E-state index contributed by atoms with van der Waals surface area (Å²) in [5.41, 5.74) is -0.0679. The van der Waals surface area contributed by atoms with Gasteiger partial charge in [0.15, 0.2) is 0 Å². The number of carbonyl (C=O) groups excluding carboxylic acids is 1. The first-order chi connectivity index (χ1) is 11.6. The van der Waals surface area contributed by atoms with Crippen LogP contribution in [0, 0.1) is 16.6 Å². The molecule has 1 aromatic rings. The number of rotatable bonds is 4. The van der Waals surface area contributed by atoms with Crippen molar-refractivity contribution in [3.63, 3.8) is 0 Å². The highest BCUT2D eigenvalue weighted by molar-refractivity contribution is 5.78. The van der Waals surface area contributed by atoms with Gasteiger partial charge in [-0.15, -0.1) is 0 Å². The van der Waals surface area contributed by atoms with E-state index < -0.39 is 11.5 Å². The topological polar surface area (TPSA) is 66.8 Å². The van der Waals surface area contributed by atoms with Gasteiger partial charge in [-0.2, -0.15) is 0 Å². The Kier molecular flexibility index (Phi) is 5.70. The Hall–Kier alpha value is -2.11. The molecule has 0 radical (unpaired) electrons. The lowest BCUT2D eigenvalue weighted by molar-refractivity contribution is -0.161. The van der Waals surface area contributed by atoms with E-state index in [1.54, 1.807) is 12.1 Å². The van der Waals surface area contributed by atoms with Gasteiger partial charge in [-0.1, -0.05) is 32.9 Å². The van der Waals surface area contributed by atoms with Gasteiger partial charge in [0.05, 0.1) is 12.0 Å². The van der Waals surface area contributed by atoms with Crippen molar-refractivity contribution in [1.29, 1.82) is 0 Å². The predicted molar refractivity (Wildman–Crippen MR) is 91.8 cm³/mol. The molecular formula is C19H26FNO4. The molecule has 2 rings (SSSR count). The normalized spacial score (nSPS) is 17.2. The molecule has 1 heterocycles. The van der Waals surface area contributed by atoms with Gasteiger partial charge >= 0.3 is 12.1 Å². The van der Waals surface area contributed by atoms with Crippen molar-refractivity contribution in [3.05, 3.63) is 35.6 Å².